The molecule has 1 nitrogen and oxygen atoms in total. The van der Waals surface area contributed by atoms with Crippen molar-refractivity contribution in [2.75, 3.05) is 11.9 Å². The minimum Gasteiger partial charge on any atom is -0.344 e. The molecule has 0 saturated carbocycles. The lowest BCUT2D eigenvalue weighted by Gasteiger charge is -2.27. The van der Waals surface area contributed by atoms with E-state index in [1.807, 2.05) is 0 Å². The van der Waals surface area contributed by atoms with Crippen LogP contribution in [0, 0.1) is 6.92 Å². The van der Waals surface area contributed by atoms with Crippen molar-refractivity contribution in [2.45, 2.75) is 33.1 Å². The zero-order valence-electron chi connectivity index (χ0n) is 14.7. The Morgan fingerprint density at radius 3 is 2.22 bits per heavy atom. The predicted octanol–water partition coefficient (Wildman–Crippen LogP) is 6.21. The van der Waals surface area contributed by atoms with Gasteiger partial charge in [0.15, 0.2) is 0 Å². The van der Waals surface area contributed by atoms with Crippen molar-refractivity contribution in [1.82, 2.24) is 0 Å². The lowest BCUT2D eigenvalue weighted by atomic mass is 9.86. The Morgan fingerprint density at radius 2 is 1.48 bits per heavy atom. The molecule has 0 spiro atoms. The summed E-state index contributed by atoms with van der Waals surface area (Å²) in [6, 6.07) is 21.9. The molecule has 118 valence electrons. The van der Waals surface area contributed by atoms with E-state index in [1.54, 1.807) is 0 Å². The van der Waals surface area contributed by atoms with E-state index in [4.69, 9.17) is 0 Å². The van der Waals surface area contributed by atoms with Crippen molar-refractivity contribution < 1.29 is 0 Å². The second-order valence-corrected chi connectivity index (χ2v) is 7.31. The number of fused-ring (bicyclic) bond motifs is 1. The number of hydrogen-bond donors (Lipinski definition) is 0. The molecular weight excluding hydrogens is 278 g/mol. The Balaban J connectivity index is 2.14. The van der Waals surface area contributed by atoms with Crippen LogP contribution in [0.5, 0.6) is 0 Å². The second-order valence-electron chi connectivity index (χ2n) is 7.31. The highest BCUT2D eigenvalue weighted by atomic mass is 15.1. The maximum absolute atomic E-state index is 2.33. The van der Waals surface area contributed by atoms with E-state index in [0.29, 0.717) is 0 Å². The van der Waals surface area contributed by atoms with Crippen LogP contribution in [-0.4, -0.2) is 7.05 Å². The Hall–Kier alpha value is -2.28. The Bertz CT molecular complexity index is 835. The third kappa shape index (κ3) is 2.96. The summed E-state index contributed by atoms with van der Waals surface area (Å²) < 4.78 is 0. The van der Waals surface area contributed by atoms with Gasteiger partial charge in [-0.25, -0.2) is 0 Å². The quantitative estimate of drug-likeness (QED) is 0.543. The molecule has 0 aromatic heterocycles. The molecule has 3 aromatic carbocycles. The summed E-state index contributed by atoms with van der Waals surface area (Å²) >= 11 is 0. The molecule has 0 unspecified atom stereocenters. The fraction of sp³-hybridized carbons (Fsp3) is 0.273. The monoisotopic (exact) mass is 303 g/mol. The number of hydrogen-bond acceptors (Lipinski definition) is 1. The summed E-state index contributed by atoms with van der Waals surface area (Å²) in [6.45, 7) is 8.97. The fourth-order valence-corrected chi connectivity index (χ4v) is 3.07. The summed E-state index contributed by atoms with van der Waals surface area (Å²) in [5.41, 5.74) is 5.34. The van der Waals surface area contributed by atoms with Gasteiger partial charge in [-0.1, -0.05) is 69.3 Å². The van der Waals surface area contributed by atoms with Crippen LogP contribution >= 0.6 is 0 Å². The van der Waals surface area contributed by atoms with Crippen LogP contribution in [0.3, 0.4) is 0 Å². The van der Waals surface area contributed by atoms with E-state index in [0.717, 1.165) is 0 Å². The average Bonchev–Trinajstić information content (AvgIpc) is 2.53. The molecule has 3 rings (SSSR count). The van der Waals surface area contributed by atoms with Gasteiger partial charge in [-0.3, -0.25) is 0 Å². The van der Waals surface area contributed by atoms with Gasteiger partial charge in [0.1, 0.15) is 0 Å². The van der Waals surface area contributed by atoms with Crippen LogP contribution in [-0.2, 0) is 5.41 Å². The molecule has 0 aliphatic heterocycles. The van der Waals surface area contributed by atoms with Gasteiger partial charge in [0.05, 0.1) is 0 Å². The molecule has 3 aromatic rings. The molecule has 23 heavy (non-hydrogen) atoms. The molecule has 0 fully saturated rings. The van der Waals surface area contributed by atoms with Crippen LogP contribution in [0.25, 0.3) is 10.8 Å². The molecule has 0 heterocycles. The zero-order valence-corrected chi connectivity index (χ0v) is 14.7. The van der Waals surface area contributed by atoms with Gasteiger partial charge in [0, 0.05) is 23.8 Å². The molecule has 0 N–H and O–H groups in total. The Morgan fingerprint density at radius 1 is 0.783 bits per heavy atom. The molecule has 0 bridgehead atoms. The van der Waals surface area contributed by atoms with Gasteiger partial charge in [0.25, 0.3) is 0 Å². The SMILES string of the molecule is Cc1ccc(C(C)(C)C)cc1N(C)c1cccc2ccccc12. The Kier molecular flexibility index (Phi) is 3.89. The molecule has 0 radical (unpaired) electrons. The normalized spacial score (nSPS) is 11.7. The van der Waals surface area contributed by atoms with Crippen LogP contribution < -0.4 is 4.90 Å². The van der Waals surface area contributed by atoms with E-state index in [-0.39, 0.29) is 5.41 Å². The highest BCUT2D eigenvalue weighted by molar-refractivity contribution is 5.96. The predicted molar refractivity (Wildman–Crippen MR) is 102 cm³/mol. The molecule has 1 heteroatoms. The first-order valence-corrected chi connectivity index (χ1v) is 8.20. The van der Waals surface area contributed by atoms with Gasteiger partial charge in [-0.05, 0) is 41.0 Å². The summed E-state index contributed by atoms with van der Waals surface area (Å²) in [7, 11) is 2.16. The molecule has 0 atom stereocenters. The number of rotatable bonds is 2. The van der Waals surface area contributed by atoms with Gasteiger partial charge in [-0.15, -0.1) is 0 Å². The topological polar surface area (TPSA) is 3.24 Å². The number of aryl methyl sites for hydroxylation is 1. The minimum atomic E-state index is 0.155. The summed E-state index contributed by atoms with van der Waals surface area (Å²) in [5.74, 6) is 0. The first-order valence-electron chi connectivity index (χ1n) is 8.20. The van der Waals surface area contributed by atoms with E-state index >= 15 is 0 Å². The summed E-state index contributed by atoms with van der Waals surface area (Å²) in [4.78, 5) is 2.31. The maximum atomic E-state index is 2.33. The number of benzene rings is 3. The lowest BCUT2D eigenvalue weighted by molar-refractivity contribution is 0.590. The van der Waals surface area contributed by atoms with Crippen LogP contribution in [0.2, 0.25) is 0 Å². The largest absolute Gasteiger partial charge is 0.344 e. The van der Waals surface area contributed by atoms with E-state index in [9.17, 15) is 0 Å². The molecular formula is C22H25N. The number of nitrogens with zero attached hydrogens (tertiary/aromatic N) is 1. The van der Waals surface area contributed by atoms with Crippen molar-refractivity contribution in [3.05, 3.63) is 71.8 Å². The average molecular weight is 303 g/mol. The molecule has 0 aliphatic rings. The van der Waals surface area contributed by atoms with E-state index < -0.39 is 0 Å². The standard InChI is InChI=1S/C22H25N/c1-16-13-14-18(22(2,3)4)15-21(16)23(5)20-12-8-10-17-9-6-7-11-19(17)20/h6-15H,1-5H3. The van der Waals surface area contributed by atoms with Crippen molar-refractivity contribution >= 4 is 22.1 Å². The van der Waals surface area contributed by atoms with Crippen molar-refractivity contribution in [3.8, 4) is 0 Å². The zero-order chi connectivity index (χ0) is 16.6. The van der Waals surface area contributed by atoms with Gasteiger partial charge in [-0.2, -0.15) is 0 Å². The van der Waals surface area contributed by atoms with Crippen LogP contribution in [0.1, 0.15) is 31.9 Å². The van der Waals surface area contributed by atoms with Crippen molar-refractivity contribution in [1.29, 1.82) is 0 Å². The third-order valence-corrected chi connectivity index (χ3v) is 4.56. The molecule has 0 aliphatic carbocycles. The number of anilines is 2. The Labute approximate surface area is 139 Å². The summed E-state index contributed by atoms with van der Waals surface area (Å²) in [5, 5.41) is 2.57. The molecule has 0 amide bonds. The summed E-state index contributed by atoms with van der Waals surface area (Å²) in [6.07, 6.45) is 0. The van der Waals surface area contributed by atoms with Gasteiger partial charge < -0.3 is 4.90 Å². The maximum Gasteiger partial charge on any atom is 0.0487 e. The fourth-order valence-electron chi connectivity index (χ4n) is 3.07. The first-order chi connectivity index (χ1) is 10.9. The molecule has 0 saturated heterocycles. The van der Waals surface area contributed by atoms with Gasteiger partial charge in [0.2, 0.25) is 0 Å². The van der Waals surface area contributed by atoms with Crippen LogP contribution in [0.15, 0.2) is 60.7 Å². The van der Waals surface area contributed by atoms with Crippen molar-refractivity contribution in [2.24, 2.45) is 0 Å². The highest BCUT2D eigenvalue weighted by Gasteiger charge is 2.17. The smallest absolute Gasteiger partial charge is 0.0487 e. The van der Waals surface area contributed by atoms with E-state index in [1.165, 1.54) is 33.3 Å². The lowest BCUT2D eigenvalue weighted by Crippen LogP contribution is -2.15. The van der Waals surface area contributed by atoms with Crippen molar-refractivity contribution in [3.63, 3.8) is 0 Å². The first kappa shape index (κ1) is 15.6. The third-order valence-electron chi connectivity index (χ3n) is 4.56. The van der Waals surface area contributed by atoms with Gasteiger partial charge >= 0.3 is 0 Å². The minimum absolute atomic E-state index is 0.155. The van der Waals surface area contributed by atoms with E-state index in [2.05, 4.69) is 100 Å². The van der Waals surface area contributed by atoms with Crippen LogP contribution in [0.4, 0.5) is 11.4 Å². The second kappa shape index (κ2) is 5.73. The highest BCUT2D eigenvalue weighted by Crippen LogP contribution is 2.35.